The van der Waals surface area contributed by atoms with Crippen LogP contribution in [0.2, 0.25) is 0 Å². The smallest absolute Gasteiger partial charge is 0.289 e. The number of alkyl halides is 2. The molecule has 0 aliphatic heterocycles. The SMILES string of the molecule is C=CCN(CCO)C(=O)c1ccc(CSC(F)F)o1. The molecule has 0 aliphatic carbocycles. The fourth-order valence-electron chi connectivity index (χ4n) is 1.42. The maximum absolute atomic E-state index is 12.0. The lowest BCUT2D eigenvalue weighted by molar-refractivity contribution is 0.0710. The summed E-state index contributed by atoms with van der Waals surface area (Å²) in [4.78, 5) is 13.4. The molecule has 0 spiro atoms. The minimum Gasteiger partial charge on any atom is -0.455 e. The first-order chi connectivity index (χ1) is 9.08. The molecule has 0 aromatic carbocycles. The van der Waals surface area contributed by atoms with Gasteiger partial charge in [0.15, 0.2) is 5.76 Å². The highest BCUT2D eigenvalue weighted by Crippen LogP contribution is 2.21. The molecule has 1 aromatic heterocycles. The summed E-state index contributed by atoms with van der Waals surface area (Å²) in [6, 6.07) is 2.94. The Hall–Kier alpha value is -1.34. The molecule has 0 atom stereocenters. The standard InChI is InChI=1S/C12H15F2NO3S/c1-2-5-15(6-7-16)11(17)10-4-3-9(18-10)8-19-12(13)14/h2-4,12,16H,1,5-8H2. The van der Waals surface area contributed by atoms with E-state index in [9.17, 15) is 13.6 Å². The van der Waals surface area contributed by atoms with Gasteiger partial charge in [-0.1, -0.05) is 17.8 Å². The third-order valence-electron chi connectivity index (χ3n) is 2.23. The van der Waals surface area contributed by atoms with E-state index in [1.165, 1.54) is 23.1 Å². The third kappa shape index (κ3) is 5.04. The molecule has 0 bridgehead atoms. The highest BCUT2D eigenvalue weighted by atomic mass is 32.2. The van der Waals surface area contributed by atoms with Gasteiger partial charge in [0.05, 0.1) is 12.4 Å². The Labute approximate surface area is 114 Å². The second kappa shape index (κ2) is 7.96. The van der Waals surface area contributed by atoms with Gasteiger partial charge >= 0.3 is 0 Å². The van der Waals surface area contributed by atoms with Gasteiger partial charge in [0.1, 0.15) is 5.76 Å². The molecule has 0 unspecified atom stereocenters. The maximum Gasteiger partial charge on any atom is 0.289 e. The van der Waals surface area contributed by atoms with E-state index in [0.29, 0.717) is 17.5 Å². The van der Waals surface area contributed by atoms with Crippen molar-refractivity contribution in [3.63, 3.8) is 0 Å². The summed E-state index contributed by atoms with van der Waals surface area (Å²) in [6.45, 7) is 3.79. The van der Waals surface area contributed by atoms with Crippen molar-refractivity contribution in [3.8, 4) is 0 Å². The molecule has 0 saturated carbocycles. The minimum absolute atomic E-state index is 0.00635. The molecule has 1 heterocycles. The van der Waals surface area contributed by atoms with Gasteiger partial charge in [0, 0.05) is 13.1 Å². The topological polar surface area (TPSA) is 53.7 Å². The number of halogens is 2. The second-order valence-corrected chi connectivity index (χ2v) is 4.58. The van der Waals surface area contributed by atoms with Crippen molar-refractivity contribution in [1.82, 2.24) is 4.90 Å². The monoisotopic (exact) mass is 291 g/mol. The van der Waals surface area contributed by atoms with Crippen molar-refractivity contribution in [1.29, 1.82) is 0 Å². The molecule has 0 radical (unpaired) electrons. The van der Waals surface area contributed by atoms with Crippen LogP contribution in [0.25, 0.3) is 0 Å². The number of carbonyl (C=O) groups is 1. The van der Waals surface area contributed by atoms with Gasteiger partial charge < -0.3 is 14.4 Å². The van der Waals surface area contributed by atoms with Crippen LogP contribution in [0.15, 0.2) is 29.2 Å². The molecule has 4 nitrogen and oxygen atoms in total. The van der Waals surface area contributed by atoms with Crippen molar-refractivity contribution in [2.24, 2.45) is 0 Å². The first-order valence-corrected chi connectivity index (χ1v) is 6.62. The zero-order chi connectivity index (χ0) is 14.3. The summed E-state index contributed by atoms with van der Waals surface area (Å²) in [6.07, 6.45) is 1.53. The van der Waals surface area contributed by atoms with Crippen LogP contribution in [-0.2, 0) is 5.75 Å². The fourth-order valence-corrected chi connectivity index (χ4v) is 1.87. The average Bonchev–Trinajstić information content (AvgIpc) is 2.84. The van der Waals surface area contributed by atoms with Gasteiger partial charge in [-0.2, -0.15) is 8.78 Å². The number of hydrogen-bond acceptors (Lipinski definition) is 4. The molecular weight excluding hydrogens is 276 g/mol. The zero-order valence-electron chi connectivity index (χ0n) is 10.2. The molecule has 19 heavy (non-hydrogen) atoms. The molecule has 1 rings (SSSR count). The number of aliphatic hydroxyl groups is 1. The fraction of sp³-hybridized carbons (Fsp3) is 0.417. The summed E-state index contributed by atoms with van der Waals surface area (Å²) < 4.78 is 29.3. The van der Waals surface area contributed by atoms with Gasteiger partial charge in [-0.25, -0.2) is 0 Å². The predicted octanol–water partition coefficient (Wildman–Crippen LogP) is 2.36. The van der Waals surface area contributed by atoms with Gasteiger partial charge in [-0.3, -0.25) is 4.79 Å². The number of carbonyl (C=O) groups excluding carboxylic acids is 1. The average molecular weight is 291 g/mol. The Morgan fingerprint density at radius 2 is 2.32 bits per heavy atom. The quantitative estimate of drug-likeness (QED) is 0.747. The highest BCUT2D eigenvalue weighted by molar-refractivity contribution is 7.98. The van der Waals surface area contributed by atoms with Crippen molar-refractivity contribution >= 4 is 17.7 Å². The minimum atomic E-state index is -2.48. The van der Waals surface area contributed by atoms with E-state index >= 15 is 0 Å². The second-order valence-electron chi connectivity index (χ2n) is 3.60. The van der Waals surface area contributed by atoms with Crippen molar-refractivity contribution in [2.75, 3.05) is 19.7 Å². The van der Waals surface area contributed by atoms with Crippen LogP contribution in [0.3, 0.4) is 0 Å². The van der Waals surface area contributed by atoms with E-state index in [1.807, 2.05) is 0 Å². The molecule has 106 valence electrons. The summed E-state index contributed by atoms with van der Waals surface area (Å²) >= 11 is 0.430. The highest BCUT2D eigenvalue weighted by Gasteiger charge is 2.18. The zero-order valence-corrected chi connectivity index (χ0v) is 11.0. The molecule has 0 fully saturated rings. The lowest BCUT2D eigenvalue weighted by Crippen LogP contribution is -2.33. The van der Waals surface area contributed by atoms with Crippen LogP contribution < -0.4 is 0 Å². The van der Waals surface area contributed by atoms with Crippen LogP contribution in [0.4, 0.5) is 8.78 Å². The molecule has 1 amide bonds. The number of hydrogen-bond donors (Lipinski definition) is 1. The lowest BCUT2D eigenvalue weighted by atomic mass is 10.3. The largest absolute Gasteiger partial charge is 0.455 e. The van der Waals surface area contributed by atoms with Gasteiger partial charge in [-0.15, -0.1) is 6.58 Å². The maximum atomic E-state index is 12.0. The molecule has 0 saturated heterocycles. The van der Waals surface area contributed by atoms with E-state index in [0.717, 1.165) is 0 Å². The summed E-state index contributed by atoms with van der Waals surface area (Å²) in [5.74, 6) is -2.48. The molecule has 0 aliphatic rings. The Balaban J connectivity index is 2.67. The van der Waals surface area contributed by atoms with E-state index < -0.39 is 11.7 Å². The van der Waals surface area contributed by atoms with E-state index in [4.69, 9.17) is 9.52 Å². The molecular formula is C12H15F2NO3S. The Kier molecular flexibility index (Phi) is 6.58. The van der Waals surface area contributed by atoms with E-state index in [1.54, 1.807) is 0 Å². The summed E-state index contributed by atoms with van der Waals surface area (Å²) in [5, 5.41) is 8.86. The number of aliphatic hydroxyl groups excluding tert-OH is 1. The number of furan rings is 1. The van der Waals surface area contributed by atoms with Gasteiger partial charge in [0.25, 0.3) is 11.7 Å². The molecule has 7 heteroatoms. The number of amides is 1. The number of rotatable bonds is 8. The first-order valence-electron chi connectivity index (χ1n) is 5.58. The predicted molar refractivity (Wildman–Crippen MR) is 69.2 cm³/mol. The Morgan fingerprint density at radius 1 is 1.58 bits per heavy atom. The third-order valence-corrected chi connectivity index (χ3v) is 2.93. The van der Waals surface area contributed by atoms with Crippen LogP contribution in [0.5, 0.6) is 0 Å². The van der Waals surface area contributed by atoms with E-state index in [2.05, 4.69) is 6.58 Å². The van der Waals surface area contributed by atoms with Crippen LogP contribution in [-0.4, -0.2) is 41.4 Å². The first kappa shape index (κ1) is 15.7. The van der Waals surface area contributed by atoms with Crippen LogP contribution in [0.1, 0.15) is 16.3 Å². The van der Waals surface area contributed by atoms with Gasteiger partial charge in [0.2, 0.25) is 0 Å². The van der Waals surface area contributed by atoms with E-state index in [-0.39, 0.29) is 31.2 Å². The Morgan fingerprint density at radius 3 is 2.89 bits per heavy atom. The number of nitrogens with zero attached hydrogens (tertiary/aromatic N) is 1. The van der Waals surface area contributed by atoms with Crippen LogP contribution in [0, 0.1) is 0 Å². The molecule has 1 N–H and O–H groups in total. The Bertz CT molecular complexity index is 423. The summed E-state index contributed by atoms with van der Waals surface area (Å²) in [7, 11) is 0. The number of thioether (sulfide) groups is 1. The molecule has 1 aromatic rings. The van der Waals surface area contributed by atoms with Gasteiger partial charge in [-0.05, 0) is 12.1 Å². The van der Waals surface area contributed by atoms with Crippen LogP contribution >= 0.6 is 11.8 Å². The summed E-state index contributed by atoms with van der Waals surface area (Å²) in [5.41, 5.74) is 0. The van der Waals surface area contributed by atoms with Crippen molar-refractivity contribution < 1.29 is 23.1 Å². The van der Waals surface area contributed by atoms with Crippen molar-refractivity contribution in [2.45, 2.75) is 11.5 Å². The van der Waals surface area contributed by atoms with Crippen molar-refractivity contribution in [3.05, 3.63) is 36.3 Å². The lowest BCUT2D eigenvalue weighted by Gasteiger charge is -2.18. The normalized spacial score (nSPS) is 10.7.